The standard InChI is InChI=1S/C30H28N6O2/c1-35-15-17-36(18-16-35)20-21-9-12-27(33-19-21)34-30(37)38-26-11-10-25(28-29(26)32-14-13-31-28)24-8-4-6-22-5-2-3-7-23(22)24/h2-14,19H,15-18,20H2,1H3,(H,33,34,37). The van der Waals surface area contributed by atoms with Gasteiger partial charge in [-0.3, -0.25) is 15.2 Å². The largest absolute Gasteiger partial charge is 0.418 e. The quantitative estimate of drug-likeness (QED) is 0.352. The van der Waals surface area contributed by atoms with Crippen LogP contribution < -0.4 is 10.1 Å². The van der Waals surface area contributed by atoms with Crippen LogP contribution in [0.4, 0.5) is 10.6 Å². The van der Waals surface area contributed by atoms with Gasteiger partial charge in [0.05, 0.1) is 0 Å². The van der Waals surface area contributed by atoms with Crippen molar-refractivity contribution in [2.75, 3.05) is 38.5 Å². The predicted octanol–water partition coefficient (Wildman–Crippen LogP) is 5.20. The van der Waals surface area contributed by atoms with Gasteiger partial charge in [-0.2, -0.15) is 0 Å². The Morgan fingerprint density at radius 1 is 0.842 bits per heavy atom. The number of amides is 1. The lowest BCUT2D eigenvalue weighted by Gasteiger charge is -2.32. The van der Waals surface area contributed by atoms with Gasteiger partial charge in [0.1, 0.15) is 16.9 Å². The van der Waals surface area contributed by atoms with Crippen LogP contribution in [0.5, 0.6) is 5.75 Å². The Morgan fingerprint density at radius 2 is 1.63 bits per heavy atom. The van der Waals surface area contributed by atoms with E-state index >= 15 is 0 Å². The van der Waals surface area contributed by atoms with Gasteiger partial charge in [-0.05, 0) is 47.1 Å². The van der Waals surface area contributed by atoms with Crippen LogP contribution in [0.15, 0.2) is 85.3 Å². The van der Waals surface area contributed by atoms with E-state index in [1.807, 2.05) is 30.3 Å². The molecule has 0 saturated carbocycles. The molecule has 1 aliphatic heterocycles. The number of carbonyl (C=O) groups excluding carboxylic acids is 1. The van der Waals surface area contributed by atoms with Crippen molar-refractivity contribution in [1.29, 1.82) is 0 Å². The second-order valence-corrected chi connectivity index (χ2v) is 9.54. The topological polar surface area (TPSA) is 83.5 Å². The van der Waals surface area contributed by atoms with Gasteiger partial charge in [0, 0.05) is 56.9 Å². The lowest BCUT2D eigenvalue weighted by Crippen LogP contribution is -2.43. The van der Waals surface area contributed by atoms with Crippen LogP contribution in [0.25, 0.3) is 32.9 Å². The summed E-state index contributed by atoms with van der Waals surface area (Å²) in [5, 5.41) is 4.98. The van der Waals surface area contributed by atoms with E-state index in [0.29, 0.717) is 22.6 Å². The van der Waals surface area contributed by atoms with Crippen LogP contribution in [-0.4, -0.2) is 64.1 Å². The highest BCUT2D eigenvalue weighted by atomic mass is 16.6. The van der Waals surface area contributed by atoms with Crippen LogP contribution in [0, 0.1) is 0 Å². The summed E-state index contributed by atoms with van der Waals surface area (Å²) in [4.78, 5) is 31.0. The van der Waals surface area contributed by atoms with Crippen LogP contribution in [-0.2, 0) is 6.54 Å². The Kier molecular flexibility index (Phi) is 6.64. The van der Waals surface area contributed by atoms with Crippen molar-refractivity contribution in [2.24, 2.45) is 0 Å². The maximum atomic E-state index is 12.8. The SMILES string of the molecule is CN1CCN(Cc2ccc(NC(=O)Oc3ccc(-c4cccc5ccccc45)c4nccnc34)nc2)CC1. The van der Waals surface area contributed by atoms with Crippen LogP contribution >= 0.6 is 0 Å². The average Bonchev–Trinajstić information content (AvgIpc) is 2.95. The second-order valence-electron chi connectivity index (χ2n) is 9.54. The summed E-state index contributed by atoms with van der Waals surface area (Å²) in [6.07, 6.45) is 4.41. The zero-order chi connectivity index (χ0) is 25.9. The van der Waals surface area contributed by atoms with Crippen LogP contribution in [0.1, 0.15) is 5.56 Å². The van der Waals surface area contributed by atoms with E-state index in [0.717, 1.165) is 60.2 Å². The summed E-state index contributed by atoms with van der Waals surface area (Å²) in [5.74, 6) is 0.765. The van der Waals surface area contributed by atoms with Crippen molar-refractivity contribution in [2.45, 2.75) is 6.54 Å². The molecule has 0 spiro atoms. The third kappa shape index (κ3) is 5.04. The molecule has 1 saturated heterocycles. The minimum atomic E-state index is -0.630. The minimum Gasteiger partial charge on any atom is -0.408 e. The van der Waals surface area contributed by atoms with E-state index in [4.69, 9.17) is 4.74 Å². The summed E-state index contributed by atoms with van der Waals surface area (Å²) < 4.78 is 5.67. The van der Waals surface area contributed by atoms with E-state index in [1.54, 1.807) is 30.7 Å². The zero-order valence-corrected chi connectivity index (χ0v) is 21.2. The first-order chi connectivity index (χ1) is 18.6. The summed E-state index contributed by atoms with van der Waals surface area (Å²) in [5.41, 5.74) is 4.27. The maximum absolute atomic E-state index is 12.8. The van der Waals surface area contributed by atoms with Gasteiger partial charge in [-0.1, -0.05) is 48.5 Å². The molecule has 0 unspecified atom stereocenters. The first-order valence-corrected chi connectivity index (χ1v) is 12.7. The number of rotatable bonds is 5. The number of likely N-dealkylation sites (N-methyl/N-ethyl adjacent to an activating group) is 1. The monoisotopic (exact) mass is 504 g/mol. The molecule has 8 nitrogen and oxygen atoms in total. The number of pyridine rings is 1. The third-order valence-electron chi connectivity index (χ3n) is 6.93. The molecule has 1 fully saturated rings. The molecule has 0 radical (unpaired) electrons. The first-order valence-electron chi connectivity index (χ1n) is 12.7. The Balaban J connectivity index is 1.19. The van der Waals surface area contributed by atoms with Crippen molar-refractivity contribution < 1.29 is 9.53 Å². The Hall–Kier alpha value is -4.40. The summed E-state index contributed by atoms with van der Waals surface area (Å²) in [6.45, 7) is 5.07. The molecule has 6 rings (SSSR count). The smallest absolute Gasteiger partial charge is 0.408 e. The molecular formula is C30H28N6O2. The normalized spacial score (nSPS) is 14.6. The highest BCUT2D eigenvalue weighted by Crippen LogP contribution is 2.35. The van der Waals surface area contributed by atoms with E-state index in [1.165, 1.54) is 0 Å². The maximum Gasteiger partial charge on any atom is 0.418 e. The molecule has 38 heavy (non-hydrogen) atoms. The van der Waals surface area contributed by atoms with Crippen molar-refractivity contribution >= 4 is 33.7 Å². The van der Waals surface area contributed by atoms with E-state index < -0.39 is 6.09 Å². The highest BCUT2D eigenvalue weighted by molar-refractivity contribution is 6.04. The highest BCUT2D eigenvalue weighted by Gasteiger charge is 2.17. The fourth-order valence-corrected chi connectivity index (χ4v) is 4.88. The number of benzene rings is 3. The van der Waals surface area contributed by atoms with Gasteiger partial charge in [0.25, 0.3) is 0 Å². The van der Waals surface area contributed by atoms with Gasteiger partial charge in [0.2, 0.25) is 0 Å². The van der Waals surface area contributed by atoms with E-state index in [-0.39, 0.29) is 0 Å². The van der Waals surface area contributed by atoms with E-state index in [9.17, 15) is 4.79 Å². The summed E-state index contributed by atoms with van der Waals surface area (Å²) in [7, 11) is 2.15. The molecule has 5 aromatic rings. The molecule has 2 aromatic heterocycles. The number of hydrogen-bond acceptors (Lipinski definition) is 7. The molecular weight excluding hydrogens is 476 g/mol. The van der Waals surface area contributed by atoms with Gasteiger partial charge in [-0.25, -0.2) is 14.8 Å². The number of aromatic nitrogens is 3. The molecule has 8 heteroatoms. The fourth-order valence-electron chi connectivity index (χ4n) is 4.88. The van der Waals surface area contributed by atoms with Crippen molar-refractivity contribution in [1.82, 2.24) is 24.8 Å². The Bertz CT molecular complexity index is 1590. The number of anilines is 1. The van der Waals surface area contributed by atoms with Gasteiger partial charge >= 0.3 is 6.09 Å². The summed E-state index contributed by atoms with van der Waals surface area (Å²) >= 11 is 0. The number of nitrogens with one attached hydrogen (secondary N) is 1. The number of ether oxygens (including phenoxy) is 1. The van der Waals surface area contributed by atoms with Crippen molar-refractivity contribution in [3.8, 4) is 16.9 Å². The molecule has 0 bridgehead atoms. The lowest BCUT2D eigenvalue weighted by atomic mass is 9.97. The number of piperazine rings is 1. The molecule has 1 N–H and O–H groups in total. The summed E-state index contributed by atoms with van der Waals surface area (Å²) in [6, 6.07) is 21.9. The lowest BCUT2D eigenvalue weighted by molar-refractivity contribution is 0.148. The number of nitrogens with zero attached hydrogens (tertiary/aromatic N) is 5. The minimum absolute atomic E-state index is 0.335. The number of fused-ring (bicyclic) bond motifs is 2. The molecule has 0 aliphatic carbocycles. The fraction of sp³-hybridized carbons (Fsp3) is 0.200. The molecule has 0 atom stereocenters. The Morgan fingerprint density at radius 3 is 2.45 bits per heavy atom. The Labute approximate surface area is 220 Å². The van der Waals surface area contributed by atoms with E-state index in [2.05, 4.69) is 61.4 Å². The third-order valence-corrected chi connectivity index (χ3v) is 6.93. The van der Waals surface area contributed by atoms with Gasteiger partial charge in [0.15, 0.2) is 5.75 Å². The molecule has 3 aromatic carbocycles. The van der Waals surface area contributed by atoms with Crippen LogP contribution in [0.3, 0.4) is 0 Å². The van der Waals surface area contributed by atoms with Gasteiger partial charge < -0.3 is 9.64 Å². The molecule has 1 amide bonds. The van der Waals surface area contributed by atoms with Crippen molar-refractivity contribution in [3.63, 3.8) is 0 Å². The molecule has 3 heterocycles. The zero-order valence-electron chi connectivity index (χ0n) is 21.2. The number of carbonyl (C=O) groups is 1. The number of hydrogen-bond donors (Lipinski definition) is 1. The van der Waals surface area contributed by atoms with Crippen molar-refractivity contribution in [3.05, 3.63) is 90.9 Å². The van der Waals surface area contributed by atoms with Gasteiger partial charge in [-0.15, -0.1) is 0 Å². The molecule has 190 valence electrons. The second kappa shape index (κ2) is 10.5. The van der Waals surface area contributed by atoms with Crippen LogP contribution in [0.2, 0.25) is 0 Å². The average molecular weight is 505 g/mol. The first kappa shape index (κ1) is 24.0. The molecule has 1 aliphatic rings. The predicted molar refractivity (Wildman–Crippen MR) is 149 cm³/mol.